The second kappa shape index (κ2) is 6.83. The summed E-state index contributed by atoms with van der Waals surface area (Å²) < 4.78 is 2.22. The lowest BCUT2D eigenvalue weighted by Crippen LogP contribution is -2.46. The summed E-state index contributed by atoms with van der Waals surface area (Å²) in [7, 11) is 0. The molecular weight excluding hydrogens is 277 g/mol. The average Bonchev–Trinajstić information content (AvgIpc) is 2.62. The zero-order valence-corrected chi connectivity index (χ0v) is 14.1. The second-order valence-electron chi connectivity index (χ2n) is 6.38. The van der Waals surface area contributed by atoms with Gasteiger partial charge in [-0.25, -0.2) is 0 Å². The Morgan fingerprint density at radius 2 is 1.39 bits per heavy atom. The first kappa shape index (κ1) is 15.5. The molecule has 114 valence electrons. The van der Waals surface area contributed by atoms with E-state index in [0.717, 1.165) is 0 Å². The van der Waals surface area contributed by atoms with Crippen molar-refractivity contribution in [2.45, 2.75) is 26.6 Å². The predicted molar refractivity (Wildman–Crippen MR) is 99.4 cm³/mol. The molecule has 0 aliphatic heterocycles. The lowest BCUT2D eigenvalue weighted by Gasteiger charge is -2.11. The predicted octanol–water partition coefficient (Wildman–Crippen LogP) is 3.33. The Hall–Kier alpha value is -2.35. The van der Waals surface area contributed by atoms with Crippen molar-refractivity contribution >= 4 is 17.6 Å². The van der Waals surface area contributed by atoms with E-state index in [0.29, 0.717) is 12.6 Å². The maximum Gasteiger partial charge on any atom is 0.214 e. The third-order valence-corrected chi connectivity index (χ3v) is 4.50. The first-order valence-corrected chi connectivity index (χ1v) is 8.32. The summed E-state index contributed by atoms with van der Waals surface area (Å²) in [5.41, 5.74) is 5.31. The maximum absolute atomic E-state index is 2.28. The molecule has 0 atom stereocenters. The summed E-state index contributed by atoms with van der Waals surface area (Å²) >= 11 is 0. The van der Waals surface area contributed by atoms with E-state index in [1.165, 1.54) is 22.2 Å². The van der Waals surface area contributed by atoms with Gasteiger partial charge in [-0.05, 0) is 16.9 Å². The van der Waals surface area contributed by atoms with E-state index >= 15 is 0 Å². The molecule has 0 saturated carbocycles. The van der Waals surface area contributed by atoms with Crippen molar-refractivity contribution in [2.24, 2.45) is 0 Å². The van der Waals surface area contributed by atoms with Crippen molar-refractivity contribution in [3.05, 3.63) is 84.7 Å². The molecule has 3 rings (SSSR count). The zero-order chi connectivity index (χ0) is 16.2. The smallest absolute Gasteiger partial charge is 0.168 e. The van der Waals surface area contributed by atoms with Gasteiger partial charge in [0.25, 0.3) is 0 Å². The molecule has 0 spiro atoms. The highest BCUT2D eigenvalue weighted by Gasteiger charge is 2.21. The van der Waals surface area contributed by atoms with Crippen molar-refractivity contribution in [3.63, 3.8) is 0 Å². The monoisotopic (exact) mass is 300 g/mol. The molecule has 0 saturated heterocycles. The van der Waals surface area contributed by atoms with Crippen LogP contribution in [0.3, 0.4) is 0 Å². The lowest BCUT2D eigenvalue weighted by molar-refractivity contribution is -0.594. The number of hydrogen-bond donors (Lipinski definition) is 0. The summed E-state index contributed by atoms with van der Waals surface area (Å²) in [5, 5.41) is 0. The van der Waals surface area contributed by atoms with E-state index in [4.69, 9.17) is 0 Å². The third kappa shape index (κ3) is 3.37. The molecule has 1 aromatic heterocycles. The standard InChI is InChI=1S/C21H23BN/c1-17(2)18-13-15-23(16-14-18)21-12-8-7-11-20(21)22(3)19-9-5-4-6-10-19/h4-17H,1-3H3/q+1. The number of hydrogen-bond acceptors (Lipinski definition) is 0. The summed E-state index contributed by atoms with van der Waals surface area (Å²) in [4.78, 5) is 0. The molecule has 3 aromatic rings. The summed E-state index contributed by atoms with van der Waals surface area (Å²) in [6.45, 7) is 7.10. The van der Waals surface area contributed by atoms with Crippen molar-refractivity contribution in [2.75, 3.05) is 0 Å². The van der Waals surface area contributed by atoms with Crippen molar-refractivity contribution in [1.29, 1.82) is 0 Å². The van der Waals surface area contributed by atoms with Crippen LogP contribution in [0.25, 0.3) is 5.69 Å². The van der Waals surface area contributed by atoms with Crippen molar-refractivity contribution in [3.8, 4) is 5.69 Å². The van der Waals surface area contributed by atoms with Crippen LogP contribution in [-0.4, -0.2) is 6.71 Å². The Balaban J connectivity index is 2.01. The van der Waals surface area contributed by atoms with E-state index in [1.807, 2.05) is 0 Å². The number of aromatic nitrogens is 1. The van der Waals surface area contributed by atoms with E-state index in [1.54, 1.807) is 0 Å². The summed E-state index contributed by atoms with van der Waals surface area (Å²) in [5.74, 6) is 0.558. The molecule has 23 heavy (non-hydrogen) atoms. The van der Waals surface area contributed by atoms with Gasteiger partial charge < -0.3 is 0 Å². The SMILES string of the molecule is CB(c1ccccc1)c1ccccc1-[n+]1ccc(C(C)C)cc1. The minimum Gasteiger partial charge on any atom is -0.168 e. The maximum atomic E-state index is 2.28. The van der Waals surface area contributed by atoms with Crippen LogP contribution in [-0.2, 0) is 0 Å². The van der Waals surface area contributed by atoms with Gasteiger partial charge in [0, 0.05) is 18.2 Å². The number of rotatable bonds is 4. The summed E-state index contributed by atoms with van der Waals surface area (Å²) in [6.07, 6.45) is 4.34. The Morgan fingerprint density at radius 1 is 0.783 bits per heavy atom. The van der Waals surface area contributed by atoms with Crippen molar-refractivity contribution in [1.82, 2.24) is 0 Å². The highest BCUT2D eigenvalue weighted by molar-refractivity contribution is 6.84. The third-order valence-electron chi connectivity index (χ3n) is 4.50. The van der Waals surface area contributed by atoms with Gasteiger partial charge in [0.05, 0.1) is 0 Å². The largest absolute Gasteiger partial charge is 0.214 e. The number of pyridine rings is 1. The minimum atomic E-state index is 0.365. The molecule has 0 N–H and O–H groups in total. The van der Waals surface area contributed by atoms with Crippen LogP contribution in [0.2, 0.25) is 6.82 Å². The molecule has 2 aromatic carbocycles. The minimum absolute atomic E-state index is 0.365. The van der Waals surface area contributed by atoms with Crippen LogP contribution in [0.1, 0.15) is 25.3 Å². The Kier molecular flexibility index (Phi) is 4.61. The fourth-order valence-corrected chi connectivity index (χ4v) is 2.99. The topological polar surface area (TPSA) is 3.88 Å². The molecule has 0 fully saturated rings. The number of benzene rings is 2. The highest BCUT2D eigenvalue weighted by Crippen LogP contribution is 2.11. The molecule has 0 amide bonds. The van der Waals surface area contributed by atoms with Crippen LogP contribution >= 0.6 is 0 Å². The molecule has 1 heterocycles. The van der Waals surface area contributed by atoms with Gasteiger partial charge in [-0.1, -0.05) is 74.7 Å². The molecule has 0 bridgehead atoms. The Morgan fingerprint density at radius 3 is 2.04 bits per heavy atom. The average molecular weight is 300 g/mol. The first-order valence-electron chi connectivity index (χ1n) is 8.32. The normalized spacial score (nSPS) is 10.8. The molecule has 2 heteroatoms. The van der Waals surface area contributed by atoms with Gasteiger partial charge in [-0.3, -0.25) is 0 Å². The zero-order valence-electron chi connectivity index (χ0n) is 14.1. The second-order valence-corrected chi connectivity index (χ2v) is 6.38. The fraction of sp³-hybridized carbons (Fsp3) is 0.190. The van der Waals surface area contributed by atoms with E-state index < -0.39 is 0 Å². The summed E-state index contributed by atoms with van der Waals surface area (Å²) in [6, 6.07) is 23.8. The molecule has 1 nitrogen and oxygen atoms in total. The van der Waals surface area contributed by atoms with Gasteiger partial charge in [-0.15, -0.1) is 0 Å². The lowest BCUT2D eigenvalue weighted by atomic mass is 9.42. The van der Waals surface area contributed by atoms with Crippen LogP contribution in [0.15, 0.2) is 79.1 Å². The van der Waals surface area contributed by atoms with Gasteiger partial charge in [0.1, 0.15) is 0 Å². The van der Waals surface area contributed by atoms with Crippen LogP contribution < -0.4 is 15.5 Å². The van der Waals surface area contributed by atoms with Crippen LogP contribution in [0.5, 0.6) is 0 Å². The molecule has 0 aliphatic rings. The molecule has 0 aliphatic carbocycles. The van der Waals surface area contributed by atoms with Gasteiger partial charge in [0.15, 0.2) is 12.4 Å². The molecule has 0 unspecified atom stereocenters. The van der Waals surface area contributed by atoms with E-state index in [-0.39, 0.29) is 0 Å². The highest BCUT2D eigenvalue weighted by atomic mass is 14.9. The first-order chi connectivity index (χ1) is 11.2. The Labute approximate surface area is 139 Å². The number of nitrogens with zero attached hydrogens (tertiary/aromatic N) is 1. The quantitative estimate of drug-likeness (QED) is 0.514. The molecule has 0 radical (unpaired) electrons. The number of para-hydroxylation sites is 1. The van der Waals surface area contributed by atoms with Crippen molar-refractivity contribution < 1.29 is 4.57 Å². The van der Waals surface area contributed by atoms with Gasteiger partial charge in [-0.2, -0.15) is 4.57 Å². The molecular formula is C21H23BN+. The van der Waals surface area contributed by atoms with Gasteiger partial charge >= 0.3 is 0 Å². The van der Waals surface area contributed by atoms with E-state index in [2.05, 4.69) is 104 Å². The van der Waals surface area contributed by atoms with Crippen LogP contribution in [0, 0.1) is 0 Å². The Bertz CT molecular complexity index is 763. The van der Waals surface area contributed by atoms with E-state index in [9.17, 15) is 0 Å². The van der Waals surface area contributed by atoms with Gasteiger partial charge in [0.2, 0.25) is 12.4 Å². The fourth-order valence-electron chi connectivity index (χ4n) is 2.99. The van der Waals surface area contributed by atoms with Crippen LogP contribution in [0.4, 0.5) is 0 Å².